The van der Waals surface area contributed by atoms with E-state index >= 15 is 0 Å². The zero-order valence-electron chi connectivity index (χ0n) is 14.7. The molecule has 2 N–H and O–H groups in total. The van der Waals surface area contributed by atoms with Gasteiger partial charge in [0.15, 0.2) is 0 Å². The van der Waals surface area contributed by atoms with E-state index in [2.05, 4.69) is 10.6 Å². The number of allylic oxidation sites excluding steroid dienone is 1. The standard InChI is InChI=1S/C19H19ClN2O4/c1-4-25-18(23)16-11(3)21-19(24)22-17(16)15-9-8-14(26-15)12-6-5-7-13(20)10(12)2/h5-9,17H,4H2,1-3H3,(H2,21,22,24). The van der Waals surface area contributed by atoms with E-state index in [1.807, 2.05) is 25.1 Å². The minimum atomic E-state index is -0.726. The third-order valence-corrected chi connectivity index (χ3v) is 4.62. The minimum absolute atomic E-state index is 0.237. The first kappa shape index (κ1) is 18.1. The molecule has 6 nitrogen and oxygen atoms in total. The topological polar surface area (TPSA) is 80.6 Å². The molecule has 1 aliphatic rings. The Morgan fingerprint density at radius 1 is 1.27 bits per heavy atom. The molecule has 0 spiro atoms. The molecule has 1 aromatic carbocycles. The molecule has 1 atom stereocenters. The number of hydrogen-bond acceptors (Lipinski definition) is 4. The van der Waals surface area contributed by atoms with Gasteiger partial charge in [-0.1, -0.05) is 23.7 Å². The Labute approximate surface area is 156 Å². The average molecular weight is 375 g/mol. The van der Waals surface area contributed by atoms with Gasteiger partial charge in [0.2, 0.25) is 0 Å². The van der Waals surface area contributed by atoms with Crippen LogP contribution in [0.3, 0.4) is 0 Å². The molecule has 0 radical (unpaired) electrons. The summed E-state index contributed by atoms with van der Waals surface area (Å²) in [6, 6.07) is 7.94. The van der Waals surface area contributed by atoms with Crippen LogP contribution in [0, 0.1) is 6.92 Å². The highest BCUT2D eigenvalue weighted by Crippen LogP contribution is 2.34. The molecule has 2 amide bonds. The first-order valence-electron chi connectivity index (χ1n) is 8.23. The van der Waals surface area contributed by atoms with Crippen molar-refractivity contribution in [3.63, 3.8) is 0 Å². The van der Waals surface area contributed by atoms with Crippen LogP contribution in [0.5, 0.6) is 0 Å². The van der Waals surface area contributed by atoms with Crippen LogP contribution in [-0.2, 0) is 9.53 Å². The first-order valence-corrected chi connectivity index (χ1v) is 8.60. The van der Waals surface area contributed by atoms with Gasteiger partial charge in [0.25, 0.3) is 0 Å². The lowest BCUT2D eigenvalue weighted by Gasteiger charge is -2.26. The fourth-order valence-electron chi connectivity index (χ4n) is 2.91. The highest BCUT2D eigenvalue weighted by molar-refractivity contribution is 6.31. The van der Waals surface area contributed by atoms with Gasteiger partial charge < -0.3 is 19.8 Å². The predicted molar refractivity (Wildman–Crippen MR) is 97.6 cm³/mol. The third kappa shape index (κ3) is 3.32. The van der Waals surface area contributed by atoms with Crippen molar-refractivity contribution in [1.82, 2.24) is 10.6 Å². The normalized spacial score (nSPS) is 16.9. The molecule has 26 heavy (non-hydrogen) atoms. The fraction of sp³-hybridized carbons (Fsp3) is 0.263. The lowest BCUT2D eigenvalue weighted by Crippen LogP contribution is -2.45. The van der Waals surface area contributed by atoms with Crippen LogP contribution < -0.4 is 10.6 Å². The molecule has 2 heterocycles. The summed E-state index contributed by atoms with van der Waals surface area (Å²) in [4.78, 5) is 24.2. The molecule has 1 aromatic heterocycles. The Bertz CT molecular complexity index is 901. The van der Waals surface area contributed by atoms with E-state index in [9.17, 15) is 9.59 Å². The van der Waals surface area contributed by atoms with Gasteiger partial charge in [-0.3, -0.25) is 0 Å². The first-order chi connectivity index (χ1) is 12.4. The SMILES string of the molecule is CCOC(=O)C1=C(C)NC(=O)NC1c1ccc(-c2cccc(Cl)c2C)o1. The second-order valence-electron chi connectivity index (χ2n) is 5.91. The van der Waals surface area contributed by atoms with Crippen molar-refractivity contribution in [1.29, 1.82) is 0 Å². The average Bonchev–Trinajstić information content (AvgIpc) is 3.06. The zero-order valence-corrected chi connectivity index (χ0v) is 15.4. The number of carbonyl (C=O) groups is 2. The number of urea groups is 1. The molecule has 0 saturated heterocycles. The highest BCUT2D eigenvalue weighted by Gasteiger charge is 2.34. The van der Waals surface area contributed by atoms with Crippen LogP contribution in [0.4, 0.5) is 4.79 Å². The van der Waals surface area contributed by atoms with Crippen LogP contribution in [0.2, 0.25) is 5.02 Å². The number of amides is 2. The highest BCUT2D eigenvalue weighted by atomic mass is 35.5. The summed E-state index contributed by atoms with van der Waals surface area (Å²) in [6.07, 6.45) is 0. The van der Waals surface area contributed by atoms with E-state index in [1.54, 1.807) is 26.0 Å². The molecule has 0 saturated carbocycles. The Morgan fingerprint density at radius 3 is 2.77 bits per heavy atom. The summed E-state index contributed by atoms with van der Waals surface area (Å²) in [5.41, 5.74) is 2.49. The Kier molecular flexibility index (Phi) is 5.04. The Morgan fingerprint density at radius 2 is 2.04 bits per heavy atom. The second kappa shape index (κ2) is 7.25. The van der Waals surface area contributed by atoms with Crippen LogP contribution in [0.1, 0.15) is 31.2 Å². The van der Waals surface area contributed by atoms with E-state index in [-0.39, 0.29) is 6.61 Å². The van der Waals surface area contributed by atoms with E-state index in [1.165, 1.54) is 0 Å². The van der Waals surface area contributed by atoms with Crippen LogP contribution in [-0.4, -0.2) is 18.6 Å². The maximum atomic E-state index is 12.3. The molecule has 1 aliphatic heterocycles. The van der Waals surface area contributed by atoms with Crippen LogP contribution >= 0.6 is 11.6 Å². The molecule has 0 fully saturated rings. The summed E-state index contributed by atoms with van der Waals surface area (Å²) in [5.74, 6) is 0.546. The van der Waals surface area contributed by atoms with Crippen LogP contribution in [0.15, 0.2) is 46.0 Å². The number of hydrogen-bond donors (Lipinski definition) is 2. The predicted octanol–water partition coefficient (Wildman–Crippen LogP) is 4.10. The number of furan rings is 1. The molecule has 7 heteroatoms. The quantitative estimate of drug-likeness (QED) is 0.789. The number of ether oxygens (including phenoxy) is 1. The molecule has 3 rings (SSSR count). The number of halogens is 1. The molecule has 136 valence electrons. The van der Waals surface area contributed by atoms with E-state index in [4.69, 9.17) is 20.8 Å². The van der Waals surface area contributed by atoms with Crippen molar-refractivity contribution < 1.29 is 18.7 Å². The van der Waals surface area contributed by atoms with Gasteiger partial charge >= 0.3 is 12.0 Å². The van der Waals surface area contributed by atoms with E-state index < -0.39 is 18.0 Å². The molecule has 1 unspecified atom stereocenters. The second-order valence-corrected chi connectivity index (χ2v) is 6.31. The van der Waals surface area contributed by atoms with E-state index in [0.717, 1.165) is 11.1 Å². The maximum absolute atomic E-state index is 12.3. The molecule has 0 bridgehead atoms. The maximum Gasteiger partial charge on any atom is 0.338 e. The number of nitrogens with one attached hydrogen (secondary N) is 2. The van der Waals surface area contributed by atoms with Gasteiger partial charge in [-0.2, -0.15) is 0 Å². The monoisotopic (exact) mass is 374 g/mol. The zero-order chi connectivity index (χ0) is 18.8. The summed E-state index contributed by atoms with van der Waals surface area (Å²) in [5, 5.41) is 5.95. The molecule has 2 aromatic rings. The summed E-state index contributed by atoms with van der Waals surface area (Å²) in [6.45, 7) is 5.52. The number of esters is 1. The van der Waals surface area contributed by atoms with Gasteiger partial charge in [0.05, 0.1) is 12.2 Å². The summed E-state index contributed by atoms with van der Waals surface area (Å²) >= 11 is 6.18. The van der Waals surface area contributed by atoms with E-state index in [0.29, 0.717) is 27.8 Å². The number of rotatable bonds is 4. The van der Waals surface area contributed by atoms with Gasteiger partial charge in [-0.25, -0.2) is 9.59 Å². The van der Waals surface area contributed by atoms with Crippen LogP contribution in [0.25, 0.3) is 11.3 Å². The Hall–Kier alpha value is -2.73. The smallest absolute Gasteiger partial charge is 0.338 e. The van der Waals surface area contributed by atoms with Gasteiger partial charge in [-0.15, -0.1) is 0 Å². The van der Waals surface area contributed by atoms with Crippen molar-refractivity contribution >= 4 is 23.6 Å². The number of carbonyl (C=O) groups excluding carboxylic acids is 2. The summed E-state index contributed by atoms with van der Waals surface area (Å²) in [7, 11) is 0. The largest absolute Gasteiger partial charge is 0.463 e. The van der Waals surface area contributed by atoms with Crippen molar-refractivity contribution in [2.24, 2.45) is 0 Å². The van der Waals surface area contributed by atoms with Crippen molar-refractivity contribution in [2.45, 2.75) is 26.8 Å². The van der Waals surface area contributed by atoms with Crippen molar-refractivity contribution in [3.05, 3.63) is 57.9 Å². The molecular weight excluding hydrogens is 356 g/mol. The molecular formula is C19H19ClN2O4. The van der Waals surface area contributed by atoms with Crippen molar-refractivity contribution in [3.8, 4) is 11.3 Å². The van der Waals surface area contributed by atoms with Gasteiger partial charge in [0.1, 0.15) is 17.6 Å². The third-order valence-electron chi connectivity index (χ3n) is 4.21. The minimum Gasteiger partial charge on any atom is -0.463 e. The lowest BCUT2D eigenvalue weighted by molar-refractivity contribution is -0.139. The fourth-order valence-corrected chi connectivity index (χ4v) is 3.09. The number of benzene rings is 1. The lowest BCUT2D eigenvalue weighted by atomic mass is 10.0. The molecule has 0 aliphatic carbocycles. The van der Waals surface area contributed by atoms with Gasteiger partial charge in [-0.05, 0) is 44.5 Å². The van der Waals surface area contributed by atoms with Gasteiger partial charge in [0, 0.05) is 16.3 Å². The summed E-state index contributed by atoms with van der Waals surface area (Å²) < 4.78 is 11.1. The van der Waals surface area contributed by atoms with Crippen molar-refractivity contribution in [2.75, 3.05) is 6.61 Å². The Balaban J connectivity index is 2.01.